The molecule has 0 radical (unpaired) electrons. The standard InChI is InChI=1S/C21H24O5/c1-13(2)9-17(23)10-14(3)5-4-6-15-11-20(26-21(15)25)18-12-16(22)7-8-19(18)24/h5,7-9,11-12,20,22,24H,4,6,10H2,1-3H3/t20-/m0/s1. The second-order valence-corrected chi connectivity index (χ2v) is 6.71. The number of ketones is 1. The summed E-state index contributed by atoms with van der Waals surface area (Å²) in [5.74, 6) is -0.399. The second-order valence-electron chi connectivity index (χ2n) is 6.71. The molecular weight excluding hydrogens is 332 g/mol. The molecule has 2 rings (SSSR count). The lowest BCUT2D eigenvalue weighted by Gasteiger charge is -2.10. The summed E-state index contributed by atoms with van der Waals surface area (Å²) in [6.45, 7) is 5.66. The first-order chi connectivity index (χ1) is 12.3. The molecule has 1 aliphatic rings. The average Bonchev–Trinajstić information content (AvgIpc) is 2.89. The Morgan fingerprint density at radius 3 is 2.65 bits per heavy atom. The predicted octanol–water partition coefficient (Wildman–Crippen LogP) is 4.27. The summed E-state index contributed by atoms with van der Waals surface area (Å²) >= 11 is 0. The molecule has 26 heavy (non-hydrogen) atoms. The summed E-state index contributed by atoms with van der Waals surface area (Å²) in [4.78, 5) is 23.8. The fourth-order valence-corrected chi connectivity index (χ4v) is 2.78. The smallest absolute Gasteiger partial charge is 0.334 e. The number of allylic oxidation sites excluding steroid dienone is 4. The van der Waals surface area contributed by atoms with Crippen molar-refractivity contribution in [3.8, 4) is 11.5 Å². The Hall–Kier alpha value is -2.82. The van der Waals surface area contributed by atoms with Crippen LogP contribution in [0.15, 0.2) is 53.1 Å². The topological polar surface area (TPSA) is 83.8 Å². The molecular formula is C21H24O5. The minimum Gasteiger partial charge on any atom is -0.508 e. The number of phenolic OH excluding ortho intramolecular Hbond substituents is 2. The Morgan fingerprint density at radius 1 is 1.23 bits per heavy atom. The van der Waals surface area contributed by atoms with E-state index in [9.17, 15) is 19.8 Å². The molecule has 0 bridgehead atoms. The number of hydrogen-bond donors (Lipinski definition) is 2. The normalized spacial score (nSPS) is 16.9. The van der Waals surface area contributed by atoms with Gasteiger partial charge in [-0.3, -0.25) is 4.79 Å². The molecule has 5 nitrogen and oxygen atoms in total. The lowest BCUT2D eigenvalue weighted by atomic mass is 10.0. The van der Waals surface area contributed by atoms with Crippen LogP contribution in [-0.2, 0) is 14.3 Å². The largest absolute Gasteiger partial charge is 0.508 e. The molecule has 0 spiro atoms. The van der Waals surface area contributed by atoms with E-state index in [4.69, 9.17) is 4.74 Å². The summed E-state index contributed by atoms with van der Waals surface area (Å²) in [7, 11) is 0. The molecule has 1 aromatic carbocycles. The Labute approximate surface area is 153 Å². The summed E-state index contributed by atoms with van der Waals surface area (Å²) in [6, 6.07) is 4.11. The fraction of sp³-hybridized carbons (Fsp3) is 0.333. The first-order valence-electron chi connectivity index (χ1n) is 8.53. The molecule has 0 unspecified atom stereocenters. The van der Waals surface area contributed by atoms with E-state index in [1.807, 2.05) is 26.8 Å². The number of hydrogen-bond acceptors (Lipinski definition) is 5. The molecule has 138 valence electrons. The highest BCUT2D eigenvalue weighted by molar-refractivity contribution is 5.92. The van der Waals surface area contributed by atoms with Crippen molar-refractivity contribution in [1.29, 1.82) is 0 Å². The lowest BCUT2D eigenvalue weighted by molar-refractivity contribution is -0.140. The maximum atomic E-state index is 12.0. The Balaban J connectivity index is 1.98. The third-order valence-corrected chi connectivity index (χ3v) is 3.98. The monoisotopic (exact) mass is 356 g/mol. The Morgan fingerprint density at radius 2 is 1.96 bits per heavy atom. The highest BCUT2D eigenvalue weighted by Crippen LogP contribution is 2.36. The number of phenols is 2. The van der Waals surface area contributed by atoms with Crippen LogP contribution in [-0.4, -0.2) is 22.0 Å². The zero-order chi connectivity index (χ0) is 19.3. The van der Waals surface area contributed by atoms with Crippen molar-refractivity contribution >= 4 is 11.8 Å². The van der Waals surface area contributed by atoms with Gasteiger partial charge in [-0.1, -0.05) is 17.2 Å². The molecule has 0 aromatic heterocycles. The number of benzene rings is 1. The van der Waals surface area contributed by atoms with Gasteiger partial charge < -0.3 is 14.9 Å². The van der Waals surface area contributed by atoms with Crippen LogP contribution in [0.5, 0.6) is 11.5 Å². The summed E-state index contributed by atoms with van der Waals surface area (Å²) in [5, 5.41) is 19.4. The van der Waals surface area contributed by atoms with Gasteiger partial charge in [-0.2, -0.15) is 0 Å². The van der Waals surface area contributed by atoms with E-state index in [1.165, 1.54) is 18.2 Å². The van der Waals surface area contributed by atoms with Gasteiger partial charge in [0.15, 0.2) is 5.78 Å². The van der Waals surface area contributed by atoms with E-state index in [1.54, 1.807) is 12.2 Å². The molecule has 0 amide bonds. The number of rotatable bonds is 7. The van der Waals surface area contributed by atoms with E-state index in [-0.39, 0.29) is 17.3 Å². The molecule has 1 aromatic rings. The van der Waals surface area contributed by atoms with Crippen LogP contribution in [0.1, 0.15) is 51.7 Å². The van der Waals surface area contributed by atoms with Crippen molar-refractivity contribution in [3.63, 3.8) is 0 Å². The van der Waals surface area contributed by atoms with Gasteiger partial charge in [0.25, 0.3) is 0 Å². The number of aromatic hydroxyl groups is 2. The Kier molecular flexibility index (Phi) is 6.39. The van der Waals surface area contributed by atoms with Gasteiger partial charge in [0, 0.05) is 17.6 Å². The van der Waals surface area contributed by atoms with E-state index in [0.29, 0.717) is 30.4 Å². The van der Waals surface area contributed by atoms with Crippen LogP contribution in [0, 0.1) is 0 Å². The quantitative estimate of drug-likeness (QED) is 0.330. The van der Waals surface area contributed by atoms with Crippen LogP contribution < -0.4 is 0 Å². The SMILES string of the molecule is CC(C)=CC(=O)CC(C)=CCCC1=C[C@@H](c2cc(O)ccc2O)OC1=O. The molecule has 1 atom stereocenters. The first kappa shape index (κ1) is 19.5. The summed E-state index contributed by atoms with van der Waals surface area (Å²) in [5.41, 5.74) is 2.81. The highest BCUT2D eigenvalue weighted by atomic mass is 16.5. The van der Waals surface area contributed by atoms with Gasteiger partial charge >= 0.3 is 5.97 Å². The highest BCUT2D eigenvalue weighted by Gasteiger charge is 2.28. The summed E-state index contributed by atoms with van der Waals surface area (Å²) < 4.78 is 5.28. The van der Waals surface area contributed by atoms with Crippen LogP contribution in [0.4, 0.5) is 0 Å². The minimum absolute atomic E-state index is 0.00436. The number of ether oxygens (including phenoxy) is 1. The molecule has 0 saturated carbocycles. The Bertz CT molecular complexity index is 795. The maximum absolute atomic E-state index is 12.0. The van der Waals surface area contributed by atoms with Crippen molar-refractivity contribution in [2.75, 3.05) is 0 Å². The molecule has 1 heterocycles. The number of cyclic esters (lactones) is 1. The third kappa shape index (κ3) is 5.34. The predicted molar refractivity (Wildman–Crippen MR) is 98.7 cm³/mol. The second kappa shape index (κ2) is 8.52. The van der Waals surface area contributed by atoms with Gasteiger partial charge in [-0.15, -0.1) is 0 Å². The van der Waals surface area contributed by atoms with Crippen LogP contribution >= 0.6 is 0 Å². The van der Waals surface area contributed by atoms with E-state index in [2.05, 4.69) is 0 Å². The van der Waals surface area contributed by atoms with Gasteiger partial charge in [-0.05, 0) is 64.0 Å². The molecule has 0 aliphatic carbocycles. The summed E-state index contributed by atoms with van der Waals surface area (Å²) in [6.07, 6.45) is 6.01. The third-order valence-electron chi connectivity index (χ3n) is 3.98. The van der Waals surface area contributed by atoms with Gasteiger partial charge in [0.2, 0.25) is 0 Å². The van der Waals surface area contributed by atoms with Crippen LogP contribution in [0.25, 0.3) is 0 Å². The van der Waals surface area contributed by atoms with Crippen molar-refractivity contribution in [2.24, 2.45) is 0 Å². The van der Waals surface area contributed by atoms with Gasteiger partial charge in [0.1, 0.15) is 17.6 Å². The molecule has 2 N–H and O–H groups in total. The van der Waals surface area contributed by atoms with Crippen LogP contribution in [0.2, 0.25) is 0 Å². The maximum Gasteiger partial charge on any atom is 0.334 e. The van der Waals surface area contributed by atoms with E-state index >= 15 is 0 Å². The van der Waals surface area contributed by atoms with Crippen molar-refractivity contribution in [1.82, 2.24) is 0 Å². The lowest BCUT2D eigenvalue weighted by Crippen LogP contribution is -2.02. The molecule has 1 aliphatic heterocycles. The van der Waals surface area contributed by atoms with E-state index in [0.717, 1.165) is 11.1 Å². The first-order valence-corrected chi connectivity index (χ1v) is 8.53. The minimum atomic E-state index is -0.700. The van der Waals surface area contributed by atoms with Crippen molar-refractivity contribution < 1.29 is 24.5 Å². The molecule has 0 saturated heterocycles. The molecule has 5 heteroatoms. The number of carbonyl (C=O) groups is 2. The van der Waals surface area contributed by atoms with E-state index < -0.39 is 12.1 Å². The zero-order valence-electron chi connectivity index (χ0n) is 15.3. The fourth-order valence-electron chi connectivity index (χ4n) is 2.78. The molecule has 0 fully saturated rings. The van der Waals surface area contributed by atoms with Gasteiger partial charge in [0.05, 0.1) is 0 Å². The average molecular weight is 356 g/mol. The van der Waals surface area contributed by atoms with Crippen molar-refractivity contribution in [3.05, 3.63) is 58.7 Å². The van der Waals surface area contributed by atoms with Crippen LogP contribution in [0.3, 0.4) is 0 Å². The zero-order valence-corrected chi connectivity index (χ0v) is 15.3. The van der Waals surface area contributed by atoms with Crippen molar-refractivity contribution in [2.45, 2.75) is 46.1 Å². The number of carbonyl (C=O) groups excluding carboxylic acids is 2. The number of esters is 1. The van der Waals surface area contributed by atoms with Gasteiger partial charge in [-0.25, -0.2) is 4.79 Å².